The summed E-state index contributed by atoms with van der Waals surface area (Å²) in [6.45, 7) is 3.97. The number of carbonyl (C=O) groups is 1. The molecule has 0 heterocycles. The van der Waals surface area contributed by atoms with Crippen molar-refractivity contribution in [3.63, 3.8) is 0 Å². The molecule has 0 saturated heterocycles. The van der Waals surface area contributed by atoms with Gasteiger partial charge in [-0.05, 0) is 38.5 Å². The van der Waals surface area contributed by atoms with Crippen molar-refractivity contribution in [2.45, 2.75) is 186 Å². The predicted octanol–water partition coefficient (Wildman–Crippen LogP) is 7.11. The Labute approximate surface area is 241 Å². The van der Waals surface area contributed by atoms with Gasteiger partial charge in [-0.25, -0.2) is 0 Å². The number of aliphatic hydroxyl groups is 4. The first-order valence-corrected chi connectivity index (χ1v) is 16.6. The van der Waals surface area contributed by atoms with Gasteiger partial charge in [-0.1, -0.05) is 135 Å². The molecule has 6 heteroatoms. The Morgan fingerprint density at radius 3 is 1.54 bits per heavy atom. The van der Waals surface area contributed by atoms with Crippen LogP contribution in [0.2, 0.25) is 0 Å². The van der Waals surface area contributed by atoms with E-state index in [2.05, 4.69) is 31.3 Å². The Kier molecular flexibility index (Phi) is 27.9. The molecule has 0 aromatic carbocycles. The van der Waals surface area contributed by atoms with Crippen molar-refractivity contribution in [2.24, 2.45) is 0 Å². The van der Waals surface area contributed by atoms with Crippen molar-refractivity contribution < 1.29 is 25.2 Å². The van der Waals surface area contributed by atoms with E-state index >= 15 is 0 Å². The maximum absolute atomic E-state index is 12.4. The summed E-state index contributed by atoms with van der Waals surface area (Å²) < 4.78 is 0. The van der Waals surface area contributed by atoms with Crippen LogP contribution in [0.5, 0.6) is 0 Å². The Morgan fingerprint density at radius 1 is 0.615 bits per heavy atom. The molecule has 0 spiro atoms. The van der Waals surface area contributed by atoms with Crippen LogP contribution >= 0.6 is 0 Å². The summed E-state index contributed by atoms with van der Waals surface area (Å²) in [5, 5.41) is 43.2. The summed E-state index contributed by atoms with van der Waals surface area (Å²) in [4.78, 5) is 12.4. The van der Waals surface area contributed by atoms with Crippen LogP contribution in [0.4, 0.5) is 0 Å². The number of allylic oxidation sites excluding steroid dienone is 2. The predicted molar refractivity (Wildman–Crippen MR) is 164 cm³/mol. The number of hydrogen-bond acceptors (Lipinski definition) is 5. The van der Waals surface area contributed by atoms with Gasteiger partial charge >= 0.3 is 0 Å². The molecule has 0 aromatic heterocycles. The van der Waals surface area contributed by atoms with Crippen LogP contribution in [-0.2, 0) is 4.79 Å². The van der Waals surface area contributed by atoms with Crippen LogP contribution in [0, 0.1) is 0 Å². The molecule has 0 aliphatic rings. The summed E-state index contributed by atoms with van der Waals surface area (Å²) >= 11 is 0. The van der Waals surface area contributed by atoms with Crippen LogP contribution in [0.1, 0.15) is 162 Å². The first-order valence-electron chi connectivity index (χ1n) is 16.6. The number of carbonyl (C=O) groups excluding carboxylic acids is 1. The molecule has 0 radical (unpaired) electrons. The largest absolute Gasteiger partial charge is 0.394 e. The first-order chi connectivity index (χ1) is 19.0. The van der Waals surface area contributed by atoms with Crippen molar-refractivity contribution in [1.29, 1.82) is 0 Å². The molecule has 0 aliphatic carbocycles. The molecule has 0 saturated carbocycles. The fraction of sp³-hybridized carbons (Fsp3) is 0.909. The molecule has 0 aliphatic heterocycles. The molecule has 232 valence electrons. The van der Waals surface area contributed by atoms with E-state index in [1.807, 2.05) is 0 Å². The highest BCUT2D eigenvalue weighted by Gasteiger charge is 2.28. The Bertz CT molecular complexity index is 556. The fourth-order valence-corrected chi connectivity index (χ4v) is 4.98. The van der Waals surface area contributed by atoms with Crippen LogP contribution in [0.25, 0.3) is 0 Å². The maximum Gasteiger partial charge on any atom is 0.249 e. The highest BCUT2D eigenvalue weighted by atomic mass is 16.3. The van der Waals surface area contributed by atoms with Crippen molar-refractivity contribution in [1.82, 2.24) is 5.32 Å². The van der Waals surface area contributed by atoms with Crippen LogP contribution in [0.3, 0.4) is 0 Å². The van der Waals surface area contributed by atoms with Crippen molar-refractivity contribution in [3.05, 3.63) is 12.2 Å². The van der Waals surface area contributed by atoms with E-state index in [-0.39, 0.29) is 0 Å². The van der Waals surface area contributed by atoms with E-state index in [0.717, 1.165) is 57.8 Å². The monoisotopic (exact) mass is 555 g/mol. The number of rotatable bonds is 29. The lowest BCUT2D eigenvalue weighted by Crippen LogP contribution is -2.53. The average Bonchev–Trinajstić information content (AvgIpc) is 2.94. The first kappa shape index (κ1) is 38.0. The highest BCUT2D eigenvalue weighted by molar-refractivity contribution is 5.80. The quantitative estimate of drug-likeness (QED) is 0.0499. The Balaban J connectivity index is 3.90. The standard InChI is InChI=1S/C33H65NO5/c1-3-5-7-9-11-13-15-17-18-20-22-24-26-30(36)32(38)29(28-35)34-33(39)31(37)27-25-23-21-19-16-14-12-10-8-6-4-2/h12,14,29-32,35-38H,3-11,13,15-28H2,1-2H3,(H,34,39)/b14-12-. The van der Waals surface area contributed by atoms with Crippen LogP contribution in [-0.4, -0.2) is 57.3 Å². The lowest BCUT2D eigenvalue weighted by Gasteiger charge is -2.27. The number of amides is 1. The Hall–Kier alpha value is -0.950. The van der Waals surface area contributed by atoms with E-state index in [9.17, 15) is 25.2 Å². The second kappa shape index (κ2) is 28.6. The third-order valence-electron chi connectivity index (χ3n) is 7.73. The highest BCUT2D eigenvalue weighted by Crippen LogP contribution is 2.15. The average molecular weight is 556 g/mol. The van der Waals surface area contributed by atoms with Gasteiger partial charge in [-0.15, -0.1) is 0 Å². The molecule has 39 heavy (non-hydrogen) atoms. The number of unbranched alkanes of at least 4 members (excludes halogenated alkanes) is 18. The van der Waals surface area contributed by atoms with E-state index in [1.54, 1.807) is 0 Å². The second-order valence-corrected chi connectivity index (χ2v) is 11.5. The van der Waals surface area contributed by atoms with Gasteiger partial charge in [0.2, 0.25) is 5.91 Å². The summed E-state index contributed by atoms with van der Waals surface area (Å²) in [6, 6.07) is -0.983. The van der Waals surface area contributed by atoms with Gasteiger partial charge in [-0.2, -0.15) is 0 Å². The molecule has 1 amide bonds. The van der Waals surface area contributed by atoms with Gasteiger partial charge in [0.05, 0.1) is 18.8 Å². The van der Waals surface area contributed by atoms with Gasteiger partial charge in [0, 0.05) is 0 Å². The molecule has 0 rings (SSSR count). The molecule has 4 atom stereocenters. The van der Waals surface area contributed by atoms with E-state index < -0.39 is 36.9 Å². The second-order valence-electron chi connectivity index (χ2n) is 11.5. The maximum atomic E-state index is 12.4. The molecule has 4 unspecified atom stereocenters. The smallest absolute Gasteiger partial charge is 0.249 e. The van der Waals surface area contributed by atoms with Crippen molar-refractivity contribution >= 4 is 5.91 Å². The third kappa shape index (κ3) is 23.5. The fourth-order valence-electron chi connectivity index (χ4n) is 4.98. The van der Waals surface area contributed by atoms with Gasteiger partial charge < -0.3 is 25.7 Å². The molecule has 0 fully saturated rings. The van der Waals surface area contributed by atoms with Crippen LogP contribution < -0.4 is 5.32 Å². The minimum atomic E-state index is -1.26. The zero-order chi connectivity index (χ0) is 29.0. The minimum absolute atomic E-state index is 0.356. The Morgan fingerprint density at radius 2 is 1.03 bits per heavy atom. The molecule has 0 bridgehead atoms. The van der Waals surface area contributed by atoms with E-state index in [1.165, 1.54) is 77.0 Å². The van der Waals surface area contributed by atoms with Gasteiger partial charge in [-0.3, -0.25) is 4.79 Å². The zero-order valence-electron chi connectivity index (χ0n) is 25.6. The molecule has 6 nitrogen and oxygen atoms in total. The van der Waals surface area contributed by atoms with Gasteiger partial charge in [0.15, 0.2) is 0 Å². The third-order valence-corrected chi connectivity index (χ3v) is 7.73. The molecular weight excluding hydrogens is 490 g/mol. The number of hydrogen-bond donors (Lipinski definition) is 5. The lowest BCUT2D eigenvalue weighted by molar-refractivity contribution is -0.132. The van der Waals surface area contributed by atoms with Gasteiger partial charge in [0.25, 0.3) is 0 Å². The summed E-state index contributed by atoms with van der Waals surface area (Å²) in [6.07, 6.45) is 26.6. The van der Waals surface area contributed by atoms with E-state index in [0.29, 0.717) is 12.8 Å². The van der Waals surface area contributed by atoms with E-state index in [4.69, 9.17) is 0 Å². The summed E-state index contributed by atoms with van der Waals surface area (Å²) in [7, 11) is 0. The molecule has 0 aromatic rings. The van der Waals surface area contributed by atoms with Gasteiger partial charge in [0.1, 0.15) is 12.2 Å². The van der Waals surface area contributed by atoms with Crippen molar-refractivity contribution in [2.75, 3.05) is 6.61 Å². The van der Waals surface area contributed by atoms with Crippen molar-refractivity contribution in [3.8, 4) is 0 Å². The summed E-state index contributed by atoms with van der Waals surface area (Å²) in [5.74, 6) is -0.597. The number of nitrogens with one attached hydrogen (secondary N) is 1. The zero-order valence-corrected chi connectivity index (χ0v) is 25.6. The SMILES string of the molecule is CCCCC/C=C\CCCCCCC(O)C(=O)NC(CO)C(O)C(O)CCCCCCCCCCCCCC. The number of aliphatic hydroxyl groups excluding tert-OH is 4. The molecule has 5 N–H and O–H groups in total. The van der Waals surface area contributed by atoms with Crippen LogP contribution in [0.15, 0.2) is 12.2 Å². The minimum Gasteiger partial charge on any atom is -0.394 e. The molecular formula is C33H65NO5. The topological polar surface area (TPSA) is 110 Å². The lowest BCUT2D eigenvalue weighted by atomic mass is 9.99. The summed E-state index contributed by atoms with van der Waals surface area (Å²) in [5.41, 5.74) is 0. The normalized spacial score (nSPS) is 14.9.